The number of piperazine rings is 1. The highest BCUT2D eigenvalue weighted by molar-refractivity contribution is 5.84. The number of hydrogen-bond acceptors (Lipinski definition) is 4. The van der Waals surface area contributed by atoms with Crippen LogP contribution < -0.4 is 9.47 Å². The molecule has 0 unspecified atom stereocenters. The van der Waals surface area contributed by atoms with Gasteiger partial charge in [-0.15, -0.1) is 0 Å². The van der Waals surface area contributed by atoms with Gasteiger partial charge in [-0.1, -0.05) is 72.8 Å². The Morgan fingerprint density at radius 3 is 1.69 bits per heavy atom. The van der Waals surface area contributed by atoms with E-state index in [4.69, 9.17) is 9.47 Å². The second-order valence-electron chi connectivity index (χ2n) is 8.74. The number of amides is 2. The lowest BCUT2D eigenvalue weighted by Gasteiger charge is -2.34. The van der Waals surface area contributed by atoms with E-state index in [0.29, 0.717) is 37.7 Å². The molecule has 6 nitrogen and oxygen atoms in total. The van der Waals surface area contributed by atoms with Gasteiger partial charge in [-0.25, -0.2) is 0 Å². The average Bonchev–Trinajstić information content (AvgIpc) is 2.95. The molecule has 1 heterocycles. The molecule has 0 spiro atoms. The van der Waals surface area contributed by atoms with Gasteiger partial charge in [0.05, 0.1) is 0 Å². The number of benzene rings is 4. The lowest BCUT2D eigenvalue weighted by Crippen LogP contribution is -2.52. The number of hydrogen-bond donors (Lipinski definition) is 0. The lowest BCUT2D eigenvalue weighted by atomic mass is 10.1. The van der Waals surface area contributed by atoms with Gasteiger partial charge in [0, 0.05) is 26.2 Å². The van der Waals surface area contributed by atoms with E-state index < -0.39 is 0 Å². The van der Waals surface area contributed by atoms with E-state index in [9.17, 15) is 9.59 Å². The summed E-state index contributed by atoms with van der Waals surface area (Å²) in [7, 11) is 0. The van der Waals surface area contributed by atoms with E-state index in [1.54, 1.807) is 9.80 Å². The maximum absolute atomic E-state index is 12.6. The third kappa shape index (κ3) is 5.66. The largest absolute Gasteiger partial charge is 0.484 e. The summed E-state index contributed by atoms with van der Waals surface area (Å²) >= 11 is 0. The van der Waals surface area contributed by atoms with Gasteiger partial charge in [0.1, 0.15) is 11.5 Å². The first-order chi connectivity index (χ1) is 17.7. The third-order valence-electron chi connectivity index (χ3n) is 6.39. The topological polar surface area (TPSA) is 59.1 Å². The molecule has 0 radical (unpaired) electrons. The maximum atomic E-state index is 12.6. The van der Waals surface area contributed by atoms with Crippen molar-refractivity contribution in [2.75, 3.05) is 39.4 Å². The highest BCUT2D eigenvalue weighted by Gasteiger charge is 2.24. The number of ether oxygens (including phenoxy) is 2. The lowest BCUT2D eigenvalue weighted by molar-refractivity contribution is -0.141. The zero-order chi connectivity index (χ0) is 24.7. The zero-order valence-corrected chi connectivity index (χ0v) is 20.0. The van der Waals surface area contributed by atoms with Gasteiger partial charge in [0.2, 0.25) is 0 Å². The Hall–Kier alpha value is -4.32. The van der Waals surface area contributed by atoms with E-state index >= 15 is 0 Å². The molecular formula is C30H28N2O4. The van der Waals surface area contributed by atoms with Crippen molar-refractivity contribution >= 4 is 22.6 Å². The molecule has 4 aromatic rings. The van der Waals surface area contributed by atoms with Crippen LogP contribution in [0, 0.1) is 0 Å². The minimum Gasteiger partial charge on any atom is -0.484 e. The summed E-state index contributed by atoms with van der Waals surface area (Å²) in [6.45, 7) is 1.89. The van der Waals surface area contributed by atoms with Gasteiger partial charge in [0.15, 0.2) is 13.2 Å². The Morgan fingerprint density at radius 2 is 1.06 bits per heavy atom. The van der Waals surface area contributed by atoms with Gasteiger partial charge in [-0.2, -0.15) is 0 Å². The molecule has 0 atom stereocenters. The Morgan fingerprint density at radius 1 is 0.556 bits per heavy atom. The molecule has 1 fully saturated rings. The van der Waals surface area contributed by atoms with Crippen LogP contribution >= 0.6 is 0 Å². The van der Waals surface area contributed by atoms with Crippen LogP contribution in [0.1, 0.15) is 0 Å². The normalized spacial score (nSPS) is 13.4. The predicted octanol–water partition coefficient (Wildman–Crippen LogP) is 4.64. The maximum Gasteiger partial charge on any atom is 0.260 e. The fourth-order valence-corrected chi connectivity index (χ4v) is 4.31. The van der Waals surface area contributed by atoms with E-state index in [1.165, 1.54) is 0 Å². The molecule has 182 valence electrons. The molecule has 0 aromatic heterocycles. The first-order valence-electron chi connectivity index (χ1n) is 12.1. The SMILES string of the molecule is O=C(COc1ccc(-c2ccccc2)cc1)N1CCN(C(=O)COc2ccc3ccccc3c2)CC1. The van der Waals surface area contributed by atoms with Crippen molar-refractivity contribution in [2.24, 2.45) is 0 Å². The minimum atomic E-state index is -0.0818. The summed E-state index contributed by atoms with van der Waals surface area (Å²) in [4.78, 5) is 28.7. The van der Waals surface area contributed by atoms with Gasteiger partial charge in [0.25, 0.3) is 11.8 Å². The molecule has 5 rings (SSSR count). The Balaban J connectivity index is 1.05. The fourth-order valence-electron chi connectivity index (χ4n) is 4.31. The van der Waals surface area contributed by atoms with Crippen LogP contribution in [0.25, 0.3) is 21.9 Å². The molecule has 36 heavy (non-hydrogen) atoms. The van der Waals surface area contributed by atoms with Gasteiger partial charge < -0.3 is 19.3 Å². The third-order valence-corrected chi connectivity index (χ3v) is 6.39. The molecule has 0 bridgehead atoms. The number of nitrogens with zero attached hydrogens (tertiary/aromatic N) is 2. The summed E-state index contributed by atoms with van der Waals surface area (Å²) in [6, 6.07) is 31.7. The first kappa shape index (κ1) is 23.4. The van der Waals surface area contributed by atoms with Crippen molar-refractivity contribution in [3.05, 3.63) is 97.1 Å². The minimum absolute atomic E-state index is 0.0195. The molecule has 2 amide bonds. The van der Waals surface area contributed by atoms with E-state index in [1.807, 2.05) is 84.9 Å². The summed E-state index contributed by atoms with van der Waals surface area (Å²) in [5.41, 5.74) is 2.23. The molecule has 1 aliphatic heterocycles. The molecule has 1 aliphatic rings. The predicted molar refractivity (Wildman–Crippen MR) is 140 cm³/mol. The highest BCUT2D eigenvalue weighted by Crippen LogP contribution is 2.22. The number of rotatable bonds is 7. The summed E-state index contributed by atoms with van der Waals surface area (Å²) in [5.74, 6) is 1.17. The summed E-state index contributed by atoms with van der Waals surface area (Å²) in [6.07, 6.45) is 0. The van der Waals surface area contributed by atoms with Crippen molar-refractivity contribution in [3.63, 3.8) is 0 Å². The quantitative estimate of drug-likeness (QED) is 0.387. The van der Waals surface area contributed by atoms with Crippen LogP contribution in [-0.4, -0.2) is 61.0 Å². The van der Waals surface area contributed by atoms with Crippen molar-refractivity contribution in [3.8, 4) is 22.6 Å². The van der Waals surface area contributed by atoms with E-state index in [0.717, 1.165) is 21.9 Å². The van der Waals surface area contributed by atoms with Crippen LogP contribution in [0.4, 0.5) is 0 Å². The second kappa shape index (κ2) is 11.0. The average molecular weight is 481 g/mol. The van der Waals surface area contributed by atoms with Crippen LogP contribution in [0.2, 0.25) is 0 Å². The van der Waals surface area contributed by atoms with Crippen molar-refractivity contribution in [1.29, 1.82) is 0 Å². The monoisotopic (exact) mass is 480 g/mol. The summed E-state index contributed by atoms with van der Waals surface area (Å²) in [5, 5.41) is 2.20. The van der Waals surface area contributed by atoms with Crippen LogP contribution in [0.15, 0.2) is 97.1 Å². The highest BCUT2D eigenvalue weighted by atomic mass is 16.5. The molecule has 0 aliphatic carbocycles. The Labute approximate surface area is 210 Å². The van der Waals surface area contributed by atoms with Gasteiger partial charge >= 0.3 is 0 Å². The van der Waals surface area contributed by atoms with E-state index in [2.05, 4.69) is 12.1 Å². The molecule has 1 saturated heterocycles. The molecule has 4 aromatic carbocycles. The van der Waals surface area contributed by atoms with Gasteiger partial charge in [-0.05, 0) is 46.2 Å². The van der Waals surface area contributed by atoms with E-state index in [-0.39, 0.29) is 25.0 Å². The molecule has 6 heteroatoms. The molecule has 0 saturated carbocycles. The van der Waals surface area contributed by atoms with Gasteiger partial charge in [-0.3, -0.25) is 9.59 Å². The second-order valence-corrected chi connectivity index (χ2v) is 8.74. The number of carbonyl (C=O) groups excluding carboxylic acids is 2. The number of carbonyl (C=O) groups is 2. The van der Waals surface area contributed by atoms with Crippen molar-refractivity contribution < 1.29 is 19.1 Å². The van der Waals surface area contributed by atoms with Crippen LogP contribution in [-0.2, 0) is 9.59 Å². The standard InChI is InChI=1S/C30H28N2O4/c33-29(21-35-27-13-10-25(11-14-27)23-6-2-1-3-7-23)31-16-18-32(19-17-31)30(34)22-36-28-15-12-24-8-4-5-9-26(24)20-28/h1-15,20H,16-19,21-22H2. The van der Waals surface area contributed by atoms with Crippen molar-refractivity contribution in [2.45, 2.75) is 0 Å². The zero-order valence-electron chi connectivity index (χ0n) is 20.0. The Kier molecular flexibility index (Phi) is 7.12. The molecule has 0 N–H and O–H groups in total. The van der Waals surface area contributed by atoms with Crippen LogP contribution in [0.5, 0.6) is 11.5 Å². The smallest absolute Gasteiger partial charge is 0.260 e. The first-order valence-corrected chi connectivity index (χ1v) is 12.1. The summed E-state index contributed by atoms with van der Waals surface area (Å²) < 4.78 is 11.4. The Bertz CT molecular complexity index is 1330. The fraction of sp³-hybridized carbons (Fsp3) is 0.200. The molecular weight excluding hydrogens is 452 g/mol. The van der Waals surface area contributed by atoms with Crippen molar-refractivity contribution in [1.82, 2.24) is 9.80 Å². The van der Waals surface area contributed by atoms with Crippen LogP contribution in [0.3, 0.4) is 0 Å². The number of fused-ring (bicyclic) bond motifs is 1.